The lowest BCUT2D eigenvalue weighted by Crippen LogP contribution is -2.34. The van der Waals surface area contributed by atoms with Crippen LogP contribution in [0.4, 0.5) is 5.88 Å². The summed E-state index contributed by atoms with van der Waals surface area (Å²) in [5.41, 5.74) is 2.88. The van der Waals surface area contributed by atoms with E-state index in [4.69, 9.17) is 13.7 Å². The first-order chi connectivity index (χ1) is 16.9. The predicted octanol–water partition coefficient (Wildman–Crippen LogP) is 5.01. The monoisotopic (exact) mass is 495 g/mol. The molecule has 0 fully saturated rings. The van der Waals surface area contributed by atoms with Crippen molar-refractivity contribution in [3.63, 3.8) is 0 Å². The lowest BCUT2D eigenvalue weighted by molar-refractivity contribution is 0.112. The largest absolute Gasteiger partial charge is 0.445 e. The highest BCUT2D eigenvalue weighted by Gasteiger charge is 2.32. The zero-order chi connectivity index (χ0) is 25.0. The highest BCUT2D eigenvalue weighted by atomic mass is 32.2. The van der Waals surface area contributed by atoms with E-state index < -0.39 is 10.0 Å². The van der Waals surface area contributed by atoms with Gasteiger partial charge >= 0.3 is 0 Å². The molecule has 0 radical (unpaired) electrons. The number of hydrogen-bond donors (Lipinski definition) is 0. The summed E-state index contributed by atoms with van der Waals surface area (Å²) in [6.45, 7) is 5.53. The lowest BCUT2D eigenvalue weighted by Gasteiger charge is -2.23. The standard InChI is InChI=1S/C25H25N3O6S/c1-4-12-32-16-28(25-17(2)18(3)27-34-25)35(30,31)23-8-6-5-7-22(23)21-10-9-19(14-20(21)15-29)24-26-11-13-33-24/h5-11,13-15H,4,12,16H2,1-3H3. The van der Waals surface area contributed by atoms with E-state index >= 15 is 0 Å². The molecule has 35 heavy (non-hydrogen) atoms. The molecule has 0 aliphatic carbocycles. The van der Waals surface area contributed by atoms with Crippen LogP contribution in [0.25, 0.3) is 22.6 Å². The fourth-order valence-electron chi connectivity index (χ4n) is 3.60. The smallest absolute Gasteiger partial charge is 0.269 e. The maximum Gasteiger partial charge on any atom is 0.269 e. The van der Waals surface area contributed by atoms with Gasteiger partial charge in [-0.2, -0.15) is 0 Å². The third-order valence-electron chi connectivity index (χ3n) is 5.52. The number of ether oxygens (including phenoxy) is 1. The number of aromatic nitrogens is 2. The van der Waals surface area contributed by atoms with Crippen LogP contribution in [0.2, 0.25) is 0 Å². The fraction of sp³-hybridized carbons (Fsp3) is 0.240. The normalized spacial score (nSPS) is 11.5. The summed E-state index contributed by atoms with van der Waals surface area (Å²) in [5, 5.41) is 3.92. The van der Waals surface area contributed by atoms with Crippen LogP contribution in [-0.2, 0) is 14.8 Å². The number of aryl methyl sites for hydroxylation is 1. The van der Waals surface area contributed by atoms with Crippen molar-refractivity contribution < 1.29 is 26.9 Å². The third kappa shape index (κ3) is 4.75. The molecule has 10 heteroatoms. The molecule has 0 amide bonds. The van der Waals surface area contributed by atoms with Gasteiger partial charge in [-0.25, -0.2) is 17.7 Å². The van der Waals surface area contributed by atoms with Crippen molar-refractivity contribution in [3.8, 4) is 22.6 Å². The quantitative estimate of drug-likeness (QED) is 0.171. The van der Waals surface area contributed by atoms with Crippen molar-refractivity contribution in [2.45, 2.75) is 32.1 Å². The molecule has 0 atom stereocenters. The highest BCUT2D eigenvalue weighted by Crippen LogP contribution is 2.36. The van der Waals surface area contributed by atoms with Crippen molar-refractivity contribution in [1.82, 2.24) is 10.1 Å². The highest BCUT2D eigenvalue weighted by molar-refractivity contribution is 7.93. The minimum atomic E-state index is -4.17. The Morgan fingerprint density at radius 2 is 1.91 bits per heavy atom. The fourth-order valence-corrected chi connectivity index (χ4v) is 5.15. The molecule has 0 spiro atoms. The zero-order valence-corrected chi connectivity index (χ0v) is 20.4. The summed E-state index contributed by atoms with van der Waals surface area (Å²) in [6, 6.07) is 11.5. The molecule has 0 saturated heterocycles. The van der Waals surface area contributed by atoms with Crippen LogP contribution in [-0.4, -0.2) is 38.2 Å². The van der Waals surface area contributed by atoms with Gasteiger partial charge in [0.2, 0.25) is 11.8 Å². The van der Waals surface area contributed by atoms with Crippen LogP contribution in [0.15, 0.2) is 68.8 Å². The van der Waals surface area contributed by atoms with Gasteiger partial charge in [0.15, 0.2) is 6.29 Å². The summed E-state index contributed by atoms with van der Waals surface area (Å²) < 4.78 is 45.3. The van der Waals surface area contributed by atoms with Crippen molar-refractivity contribution in [2.24, 2.45) is 0 Å². The van der Waals surface area contributed by atoms with Crippen LogP contribution in [0, 0.1) is 13.8 Å². The molecule has 2 aromatic heterocycles. The Kier molecular flexibility index (Phi) is 7.13. The number of benzene rings is 2. The number of anilines is 1. The van der Waals surface area contributed by atoms with Gasteiger partial charge in [-0.15, -0.1) is 0 Å². The van der Waals surface area contributed by atoms with E-state index in [0.717, 1.165) is 10.7 Å². The molecule has 0 N–H and O–H groups in total. The van der Waals surface area contributed by atoms with E-state index in [1.54, 1.807) is 50.2 Å². The van der Waals surface area contributed by atoms with Gasteiger partial charge in [-0.3, -0.25) is 4.79 Å². The zero-order valence-electron chi connectivity index (χ0n) is 19.6. The topological polar surface area (TPSA) is 116 Å². The second-order valence-electron chi connectivity index (χ2n) is 7.84. The lowest BCUT2D eigenvalue weighted by atomic mass is 9.98. The number of sulfonamides is 1. The summed E-state index contributed by atoms with van der Waals surface area (Å²) in [6.07, 6.45) is 4.35. The minimum Gasteiger partial charge on any atom is -0.445 e. The van der Waals surface area contributed by atoms with Gasteiger partial charge in [-0.1, -0.05) is 36.3 Å². The summed E-state index contributed by atoms with van der Waals surface area (Å²) in [7, 11) is -4.17. The number of carbonyl (C=O) groups is 1. The van der Waals surface area contributed by atoms with Gasteiger partial charge < -0.3 is 13.7 Å². The van der Waals surface area contributed by atoms with Crippen molar-refractivity contribution >= 4 is 22.2 Å². The molecular formula is C25H25N3O6S. The van der Waals surface area contributed by atoms with Gasteiger partial charge in [-0.05, 0) is 44.0 Å². The maximum absolute atomic E-state index is 14.0. The van der Waals surface area contributed by atoms with Crippen molar-refractivity contribution in [2.75, 3.05) is 17.6 Å². The molecule has 0 saturated carbocycles. The molecule has 4 aromatic rings. The number of oxazole rings is 1. The van der Waals surface area contributed by atoms with Crippen LogP contribution in [0.1, 0.15) is 35.0 Å². The summed E-state index contributed by atoms with van der Waals surface area (Å²) in [4.78, 5) is 16.1. The first kappa shape index (κ1) is 24.4. The summed E-state index contributed by atoms with van der Waals surface area (Å²) in [5.74, 6) is 0.444. The molecule has 0 aliphatic heterocycles. The van der Waals surface area contributed by atoms with E-state index in [1.807, 2.05) is 6.92 Å². The van der Waals surface area contributed by atoms with Gasteiger partial charge in [0.05, 0.1) is 16.8 Å². The Morgan fingerprint density at radius 3 is 2.57 bits per heavy atom. The second kappa shape index (κ2) is 10.2. The molecular weight excluding hydrogens is 470 g/mol. The first-order valence-corrected chi connectivity index (χ1v) is 12.4. The minimum absolute atomic E-state index is 0.000486. The average Bonchev–Trinajstić information content (AvgIpc) is 3.52. The van der Waals surface area contributed by atoms with Gasteiger partial charge in [0, 0.05) is 28.9 Å². The van der Waals surface area contributed by atoms with Gasteiger partial charge in [0.1, 0.15) is 13.0 Å². The number of hydrogen-bond acceptors (Lipinski definition) is 8. The Labute approximate surface area is 203 Å². The maximum atomic E-state index is 14.0. The third-order valence-corrected chi connectivity index (χ3v) is 7.28. The SMILES string of the molecule is CCCOCN(c1onc(C)c1C)S(=O)(=O)c1ccccc1-c1ccc(-c2ncco2)cc1C=O. The number of aldehydes is 1. The molecule has 2 heterocycles. The Morgan fingerprint density at radius 1 is 1.11 bits per heavy atom. The Hall–Kier alpha value is -3.76. The van der Waals surface area contributed by atoms with Crippen LogP contribution in [0.3, 0.4) is 0 Å². The molecule has 9 nitrogen and oxygen atoms in total. The number of rotatable bonds is 10. The van der Waals surface area contributed by atoms with Gasteiger partial charge in [0.25, 0.3) is 10.0 Å². The van der Waals surface area contributed by atoms with Crippen LogP contribution >= 0.6 is 0 Å². The second-order valence-corrected chi connectivity index (χ2v) is 9.67. The molecule has 0 unspecified atom stereocenters. The Bertz CT molecular complexity index is 1430. The van der Waals surface area contributed by atoms with Crippen LogP contribution < -0.4 is 4.31 Å². The van der Waals surface area contributed by atoms with E-state index in [1.165, 1.54) is 18.5 Å². The average molecular weight is 496 g/mol. The van der Waals surface area contributed by atoms with Crippen LogP contribution in [0.5, 0.6) is 0 Å². The number of carbonyl (C=O) groups excluding carboxylic acids is 1. The molecule has 182 valence electrons. The first-order valence-electron chi connectivity index (χ1n) is 11.0. The molecule has 4 rings (SSSR count). The van der Waals surface area contributed by atoms with Crippen molar-refractivity contribution in [1.29, 1.82) is 0 Å². The summed E-state index contributed by atoms with van der Waals surface area (Å²) >= 11 is 0. The molecule has 0 aliphatic rings. The molecule has 2 aromatic carbocycles. The van der Waals surface area contributed by atoms with E-state index in [9.17, 15) is 13.2 Å². The molecule has 0 bridgehead atoms. The van der Waals surface area contributed by atoms with Crippen molar-refractivity contribution in [3.05, 3.63) is 71.7 Å². The number of nitrogens with zero attached hydrogens (tertiary/aromatic N) is 3. The van der Waals surface area contributed by atoms with E-state index in [0.29, 0.717) is 52.3 Å². The van der Waals surface area contributed by atoms with E-state index in [2.05, 4.69) is 10.1 Å². The predicted molar refractivity (Wildman–Crippen MR) is 130 cm³/mol. The van der Waals surface area contributed by atoms with E-state index in [-0.39, 0.29) is 17.5 Å². The Balaban J connectivity index is 1.84.